The lowest BCUT2D eigenvalue weighted by atomic mass is 9.84. The Kier molecular flexibility index (Phi) is 9.01. The molecule has 0 aliphatic rings. The molecule has 0 unspecified atom stereocenters. The number of carbonyl (C=O) groups is 2. The first-order valence-corrected chi connectivity index (χ1v) is 12.1. The monoisotopic (exact) mass is 461 g/mol. The second-order valence-corrected chi connectivity index (χ2v) is 10.2. The summed E-state index contributed by atoms with van der Waals surface area (Å²) in [5.74, 6) is -0.00407. The van der Waals surface area contributed by atoms with E-state index in [-0.39, 0.29) is 17.9 Å². The average Bonchev–Trinajstić information content (AvgIpc) is 2.69. The van der Waals surface area contributed by atoms with Gasteiger partial charge in [-0.05, 0) is 84.2 Å². The molecule has 4 nitrogen and oxygen atoms in total. The lowest BCUT2D eigenvalue weighted by Crippen LogP contribution is -2.42. The van der Waals surface area contributed by atoms with Gasteiger partial charge in [0, 0.05) is 10.6 Å². The number of amides is 1. The van der Waals surface area contributed by atoms with Crippen molar-refractivity contribution in [1.29, 1.82) is 0 Å². The summed E-state index contributed by atoms with van der Waals surface area (Å²) < 4.78 is 5.65. The second-order valence-electron chi connectivity index (χ2n) is 8.76. The number of rotatable bonds is 8. The molecule has 1 amide bonds. The van der Waals surface area contributed by atoms with Crippen LogP contribution < -0.4 is 5.32 Å². The zero-order chi connectivity index (χ0) is 23.2. The summed E-state index contributed by atoms with van der Waals surface area (Å²) in [6, 6.07) is 10.2. The van der Waals surface area contributed by atoms with Crippen molar-refractivity contribution < 1.29 is 14.3 Å². The Morgan fingerprint density at radius 3 is 2.19 bits per heavy atom. The van der Waals surface area contributed by atoms with E-state index in [4.69, 9.17) is 16.3 Å². The third kappa shape index (κ3) is 7.29. The first-order chi connectivity index (χ1) is 14.5. The van der Waals surface area contributed by atoms with Gasteiger partial charge in [-0.25, -0.2) is 4.79 Å². The summed E-state index contributed by atoms with van der Waals surface area (Å²) in [4.78, 5) is 25.4. The Hall–Kier alpha value is -1.98. The SMILES string of the molecule is CSCC[C@H](NC(=O)c1ccc(Cl)cc1)C(=O)OCc1c(C)cc(C(C)(C)C)cc1C. The molecule has 0 aliphatic heterocycles. The van der Waals surface area contributed by atoms with Crippen LogP contribution in [-0.2, 0) is 21.6 Å². The molecule has 168 valence electrons. The molecular weight excluding hydrogens is 430 g/mol. The Morgan fingerprint density at radius 2 is 1.68 bits per heavy atom. The zero-order valence-corrected chi connectivity index (χ0v) is 20.7. The van der Waals surface area contributed by atoms with Gasteiger partial charge in [0.25, 0.3) is 5.91 Å². The topological polar surface area (TPSA) is 55.4 Å². The highest BCUT2D eigenvalue weighted by atomic mass is 35.5. The number of thioether (sulfide) groups is 1. The normalized spacial score (nSPS) is 12.4. The maximum atomic E-state index is 12.8. The van der Waals surface area contributed by atoms with Crippen molar-refractivity contribution in [2.45, 2.75) is 59.1 Å². The molecule has 0 spiro atoms. The molecular formula is C25H32ClNO3S. The number of carbonyl (C=O) groups excluding carboxylic acids is 2. The maximum Gasteiger partial charge on any atom is 0.329 e. The fraction of sp³-hybridized carbons (Fsp3) is 0.440. The fourth-order valence-electron chi connectivity index (χ4n) is 3.23. The van der Waals surface area contributed by atoms with Crippen LogP contribution in [0.3, 0.4) is 0 Å². The molecule has 0 radical (unpaired) electrons. The van der Waals surface area contributed by atoms with Crippen molar-refractivity contribution in [3.05, 3.63) is 69.2 Å². The molecule has 6 heteroatoms. The lowest BCUT2D eigenvalue weighted by molar-refractivity contribution is -0.147. The Labute approximate surface area is 195 Å². The van der Waals surface area contributed by atoms with Crippen molar-refractivity contribution in [2.75, 3.05) is 12.0 Å². The van der Waals surface area contributed by atoms with Gasteiger partial charge in [0.05, 0.1) is 0 Å². The number of esters is 1. The van der Waals surface area contributed by atoms with Crippen molar-refractivity contribution in [1.82, 2.24) is 5.32 Å². The second kappa shape index (κ2) is 11.1. The van der Waals surface area contributed by atoms with Gasteiger partial charge in [-0.3, -0.25) is 4.79 Å². The average molecular weight is 462 g/mol. The molecule has 0 saturated heterocycles. The van der Waals surface area contributed by atoms with Crippen LogP contribution in [0.5, 0.6) is 0 Å². The summed E-state index contributed by atoms with van der Waals surface area (Å²) in [6.45, 7) is 10.8. The minimum Gasteiger partial charge on any atom is -0.459 e. The molecule has 2 aromatic carbocycles. The van der Waals surface area contributed by atoms with Crippen molar-refractivity contribution in [3.8, 4) is 0 Å². The van der Waals surface area contributed by atoms with Crippen LogP contribution in [-0.4, -0.2) is 29.9 Å². The summed E-state index contributed by atoms with van der Waals surface area (Å²) in [5.41, 5.74) is 4.97. The van der Waals surface area contributed by atoms with Gasteiger partial charge in [0.2, 0.25) is 0 Å². The van der Waals surface area contributed by atoms with E-state index in [0.717, 1.165) is 22.4 Å². The van der Waals surface area contributed by atoms with Crippen LogP contribution in [0.25, 0.3) is 0 Å². The van der Waals surface area contributed by atoms with Crippen LogP contribution >= 0.6 is 23.4 Å². The first-order valence-electron chi connectivity index (χ1n) is 10.4. The van der Waals surface area contributed by atoms with Crippen LogP contribution in [0.15, 0.2) is 36.4 Å². The number of halogens is 1. The lowest BCUT2D eigenvalue weighted by Gasteiger charge is -2.23. The zero-order valence-electron chi connectivity index (χ0n) is 19.2. The van der Waals surface area contributed by atoms with Gasteiger partial charge in [-0.2, -0.15) is 11.8 Å². The minimum atomic E-state index is -0.704. The summed E-state index contributed by atoms with van der Waals surface area (Å²) in [7, 11) is 0. The minimum absolute atomic E-state index is 0.0551. The van der Waals surface area contributed by atoms with Crippen molar-refractivity contribution >= 4 is 35.2 Å². The van der Waals surface area contributed by atoms with E-state index in [1.165, 1.54) is 5.56 Å². The molecule has 1 atom stereocenters. The standard InChI is InChI=1S/C25H32ClNO3S/c1-16-13-19(25(3,4)5)14-17(2)21(16)15-30-24(29)22(11-12-31-6)27-23(28)18-7-9-20(26)10-8-18/h7-10,13-14,22H,11-12,15H2,1-6H3,(H,27,28)/t22-/m0/s1. The van der Waals surface area contributed by atoms with Gasteiger partial charge in [-0.15, -0.1) is 0 Å². The van der Waals surface area contributed by atoms with Crippen LogP contribution in [0.2, 0.25) is 5.02 Å². The summed E-state index contributed by atoms with van der Waals surface area (Å²) >= 11 is 7.51. The molecule has 0 aliphatic carbocycles. The fourth-order valence-corrected chi connectivity index (χ4v) is 3.82. The molecule has 2 aromatic rings. The van der Waals surface area contributed by atoms with Gasteiger partial charge in [0.1, 0.15) is 12.6 Å². The van der Waals surface area contributed by atoms with E-state index in [1.54, 1.807) is 36.0 Å². The predicted molar refractivity (Wildman–Crippen MR) is 130 cm³/mol. The third-order valence-corrected chi connectivity index (χ3v) is 6.12. The highest BCUT2D eigenvalue weighted by Crippen LogP contribution is 2.27. The maximum absolute atomic E-state index is 12.8. The Bertz CT molecular complexity index is 896. The van der Waals surface area contributed by atoms with Gasteiger partial charge >= 0.3 is 5.97 Å². The highest BCUT2D eigenvalue weighted by molar-refractivity contribution is 7.98. The Morgan fingerprint density at radius 1 is 1.10 bits per heavy atom. The molecule has 0 fully saturated rings. The first kappa shape index (κ1) is 25.3. The van der Waals surface area contributed by atoms with Gasteiger partial charge in [-0.1, -0.05) is 44.5 Å². The van der Waals surface area contributed by atoms with Crippen LogP contribution in [0.4, 0.5) is 0 Å². The van der Waals surface area contributed by atoms with Crippen LogP contribution in [0.1, 0.15) is 59.8 Å². The molecule has 2 rings (SSSR count). The van der Waals surface area contributed by atoms with Crippen molar-refractivity contribution in [3.63, 3.8) is 0 Å². The van der Waals surface area contributed by atoms with E-state index in [1.807, 2.05) is 20.1 Å². The number of aryl methyl sites for hydroxylation is 2. The predicted octanol–water partition coefficient (Wildman–Crippen LogP) is 5.85. The highest BCUT2D eigenvalue weighted by Gasteiger charge is 2.23. The van der Waals surface area contributed by atoms with Crippen LogP contribution in [0, 0.1) is 13.8 Å². The van der Waals surface area contributed by atoms with Gasteiger partial charge < -0.3 is 10.1 Å². The van der Waals surface area contributed by atoms with E-state index >= 15 is 0 Å². The van der Waals surface area contributed by atoms with E-state index < -0.39 is 12.0 Å². The molecule has 31 heavy (non-hydrogen) atoms. The smallest absolute Gasteiger partial charge is 0.329 e. The van der Waals surface area contributed by atoms with E-state index in [9.17, 15) is 9.59 Å². The number of benzene rings is 2. The number of hydrogen-bond acceptors (Lipinski definition) is 4. The Balaban J connectivity index is 2.10. The van der Waals surface area contributed by atoms with E-state index in [2.05, 4.69) is 38.2 Å². The summed E-state index contributed by atoms with van der Waals surface area (Å²) in [6.07, 6.45) is 2.47. The van der Waals surface area contributed by atoms with E-state index in [0.29, 0.717) is 17.0 Å². The van der Waals surface area contributed by atoms with Crippen molar-refractivity contribution in [2.24, 2.45) is 0 Å². The molecule has 0 heterocycles. The van der Waals surface area contributed by atoms with Gasteiger partial charge in [0.15, 0.2) is 0 Å². The quantitative estimate of drug-likeness (QED) is 0.501. The number of ether oxygens (including phenoxy) is 1. The largest absolute Gasteiger partial charge is 0.459 e. The number of hydrogen-bond donors (Lipinski definition) is 1. The summed E-state index contributed by atoms with van der Waals surface area (Å²) in [5, 5.41) is 3.37. The third-order valence-electron chi connectivity index (χ3n) is 5.23. The molecule has 0 bridgehead atoms. The molecule has 1 N–H and O–H groups in total. The molecule has 0 saturated carbocycles. The molecule has 0 aromatic heterocycles. The number of nitrogens with one attached hydrogen (secondary N) is 1.